The predicted molar refractivity (Wildman–Crippen MR) is 24.4 cm³/mol. The fourth-order valence-corrected chi connectivity index (χ4v) is 0.278. The number of aromatic nitrogens is 1. The van der Waals surface area contributed by atoms with Crippen molar-refractivity contribution >= 4 is 0 Å². The van der Waals surface area contributed by atoms with Crippen molar-refractivity contribution in [1.29, 1.82) is 0 Å². The van der Waals surface area contributed by atoms with Gasteiger partial charge in [-0.1, -0.05) is 0 Å². The van der Waals surface area contributed by atoms with E-state index in [2.05, 4.69) is 4.98 Å². The van der Waals surface area contributed by atoms with E-state index in [0.29, 0.717) is 0 Å². The zero-order valence-corrected chi connectivity index (χ0v) is 3.31. The van der Waals surface area contributed by atoms with Gasteiger partial charge in [-0.2, -0.15) is 0 Å². The Morgan fingerprint density at radius 1 is 1.00 bits per heavy atom. The molecule has 0 saturated carbocycles. The summed E-state index contributed by atoms with van der Waals surface area (Å²) in [5.74, 6) is 0. The number of nitrogens with one attached hydrogen (secondary N) is 1. The van der Waals surface area contributed by atoms with Gasteiger partial charge in [-0.3, -0.25) is 0 Å². The SMILES string of the molecule is O.c1cc[nH]c1. The Balaban J connectivity index is 0.000000250. The van der Waals surface area contributed by atoms with Crippen molar-refractivity contribution in [1.82, 2.24) is 4.98 Å². The molecule has 1 rings (SSSR count). The van der Waals surface area contributed by atoms with E-state index in [1.807, 2.05) is 24.5 Å². The maximum atomic E-state index is 2.86. The molecule has 0 radical (unpaired) electrons. The Morgan fingerprint density at radius 3 is 1.67 bits per heavy atom. The van der Waals surface area contributed by atoms with Crippen molar-refractivity contribution in [2.45, 2.75) is 0 Å². The van der Waals surface area contributed by atoms with E-state index in [1.54, 1.807) is 0 Å². The highest BCUT2D eigenvalue weighted by Gasteiger charge is 1.55. The van der Waals surface area contributed by atoms with Gasteiger partial charge in [-0.15, -0.1) is 0 Å². The van der Waals surface area contributed by atoms with Crippen molar-refractivity contribution in [3.05, 3.63) is 24.5 Å². The smallest absolute Gasteiger partial charge is 0.000496 e. The third-order valence-corrected chi connectivity index (χ3v) is 0.496. The van der Waals surface area contributed by atoms with E-state index >= 15 is 0 Å². The molecule has 0 spiro atoms. The molecule has 1 heterocycles. The molecule has 0 aliphatic carbocycles. The number of hydrogen-bond donors (Lipinski definition) is 1. The second kappa shape index (κ2) is 2.48. The van der Waals surface area contributed by atoms with Crippen LogP contribution in [0.5, 0.6) is 0 Å². The monoisotopic (exact) mass is 85.1 g/mol. The molecule has 0 unspecified atom stereocenters. The van der Waals surface area contributed by atoms with Gasteiger partial charge >= 0.3 is 0 Å². The molecule has 1 aromatic rings. The first-order chi connectivity index (χ1) is 2.50. The summed E-state index contributed by atoms with van der Waals surface area (Å²) in [5, 5.41) is 0. The van der Waals surface area contributed by atoms with Crippen LogP contribution in [0, 0.1) is 0 Å². The van der Waals surface area contributed by atoms with Gasteiger partial charge in [0.05, 0.1) is 0 Å². The van der Waals surface area contributed by atoms with Gasteiger partial charge in [0.2, 0.25) is 0 Å². The van der Waals surface area contributed by atoms with Gasteiger partial charge in [-0.05, 0) is 12.1 Å². The minimum absolute atomic E-state index is 0. The number of hydrogen-bond acceptors (Lipinski definition) is 0. The topological polar surface area (TPSA) is 47.3 Å². The third kappa shape index (κ3) is 0.904. The van der Waals surface area contributed by atoms with Crippen molar-refractivity contribution in [3.8, 4) is 0 Å². The largest absolute Gasteiger partial charge is 0.412 e. The molecule has 0 amide bonds. The summed E-state index contributed by atoms with van der Waals surface area (Å²) >= 11 is 0. The minimum atomic E-state index is 0. The van der Waals surface area contributed by atoms with Crippen LogP contribution in [-0.4, -0.2) is 10.5 Å². The molecular weight excluding hydrogens is 78.0 g/mol. The fourth-order valence-electron chi connectivity index (χ4n) is 0.278. The van der Waals surface area contributed by atoms with E-state index in [0.717, 1.165) is 0 Å². The van der Waals surface area contributed by atoms with Crippen LogP contribution in [0.2, 0.25) is 0 Å². The molecule has 0 aromatic carbocycles. The highest BCUT2D eigenvalue weighted by atomic mass is 16.0. The van der Waals surface area contributed by atoms with Gasteiger partial charge in [-0.25, -0.2) is 0 Å². The standard InChI is InChI=1S/C4H5N.H2O/c1-2-4-5-3-1;/h1-5H;1H2. The number of rotatable bonds is 0. The Hall–Kier alpha value is -0.760. The highest BCUT2D eigenvalue weighted by Crippen LogP contribution is 1.72. The molecule has 0 saturated heterocycles. The summed E-state index contributed by atoms with van der Waals surface area (Å²) in [7, 11) is 0. The molecule has 0 aliphatic heterocycles. The van der Waals surface area contributed by atoms with Crippen molar-refractivity contribution in [2.24, 2.45) is 0 Å². The summed E-state index contributed by atoms with van der Waals surface area (Å²) in [6, 6.07) is 3.89. The van der Waals surface area contributed by atoms with Crippen molar-refractivity contribution < 1.29 is 5.48 Å². The Labute approximate surface area is 36.1 Å². The lowest BCUT2D eigenvalue weighted by molar-refractivity contribution is 0.824. The summed E-state index contributed by atoms with van der Waals surface area (Å²) in [6.45, 7) is 0. The molecule has 3 N–H and O–H groups in total. The van der Waals surface area contributed by atoms with E-state index in [9.17, 15) is 0 Å². The first-order valence-corrected chi connectivity index (χ1v) is 1.58. The molecule has 2 heteroatoms. The minimum Gasteiger partial charge on any atom is -0.412 e. The first-order valence-electron chi connectivity index (χ1n) is 1.58. The summed E-state index contributed by atoms with van der Waals surface area (Å²) in [6.07, 6.45) is 3.75. The maximum absolute atomic E-state index is 2.86. The van der Waals surface area contributed by atoms with Crippen LogP contribution >= 0.6 is 0 Å². The molecule has 34 valence electrons. The van der Waals surface area contributed by atoms with Crippen molar-refractivity contribution in [2.75, 3.05) is 0 Å². The zero-order valence-electron chi connectivity index (χ0n) is 3.31. The molecule has 0 aliphatic rings. The number of H-pyrrole nitrogens is 1. The molecule has 0 fully saturated rings. The summed E-state index contributed by atoms with van der Waals surface area (Å²) in [5.41, 5.74) is 0. The third-order valence-electron chi connectivity index (χ3n) is 0.496. The zero-order chi connectivity index (χ0) is 3.54. The second-order valence-corrected chi connectivity index (χ2v) is 0.885. The van der Waals surface area contributed by atoms with Gasteiger partial charge < -0.3 is 10.5 Å². The van der Waals surface area contributed by atoms with Crippen LogP contribution in [0.1, 0.15) is 0 Å². The van der Waals surface area contributed by atoms with Gasteiger partial charge in [0.25, 0.3) is 0 Å². The van der Waals surface area contributed by atoms with Crippen LogP contribution < -0.4 is 0 Å². The lowest BCUT2D eigenvalue weighted by Crippen LogP contribution is -1.38. The van der Waals surface area contributed by atoms with Gasteiger partial charge in [0, 0.05) is 12.4 Å². The Bertz CT molecular complexity index is 64.0. The lowest BCUT2D eigenvalue weighted by Gasteiger charge is -1.49. The van der Waals surface area contributed by atoms with Crippen LogP contribution in [0.4, 0.5) is 0 Å². The van der Waals surface area contributed by atoms with E-state index < -0.39 is 0 Å². The van der Waals surface area contributed by atoms with Crippen LogP contribution in [-0.2, 0) is 0 Å². The molecule has 0 atom stereocenters. The van der Waals surface area contributed by atoms with E-state index in [1.165, 1.54) is 0 Å². The van der Waals surface area contributed by atoms with Crippen molar-refractivity contribution in [3.63, 3.8) is 0 Å². The molecular formula is C4H7NO. The maximum Gasteiger partial charge on any atom is 0.000496 e. The molecule has 6 heavy (non-hydrogen) atoms. The summed E-state index contributed by atoms with van der Waals surface area (Å²) in [4.78, 5) is 2.86. The van der Waals surface area contributed by atoms with Gasteiger partial charge in [0.15, 0.2) is 0 Å². The average molecular weight is 85.1 g/mol. The van der Waals surface area contributed by atoms with Crippen LogP contribution in [0.25, 0.3) is 0 Å². The summed E-state index contributed by atoms with van der Waals surface area (Å²) < 4.78 is 0. The second-order valence-electron chi connectivity index (χ2n) is 0.885. The van der Waals surface area contributed by atoms with E-state index in [4.69, 9.17) is 0 Å². The van der Waals surface area contributed by atoms with Gasteiger partial charge in [0.1, 0.15) is 0 Å². The Morgan fingerprint density at radius 2 is 1.50 bits per heavy atom. The fraction of sp³-hybridized carbons (Fsp3) is 0. The van der Waals surface area contributed by atoms with Crippen LogP contribution in [0.15, 0.2) is 24.5 Å². The normalized spacial score (nSPS) is 6.67. The molecule has 0 bridgehead atoms. The quantitative estimate of drug-likeness (QED) is 0.467. The van der Waals surface area contributed by atoms with E-state index in [-0.39, 0.29) is 5.48 Å². The molecule has 2 nitrogen and oxygen atoms in total. The first kappa shape index (κ1) is 5.24. The highest BCUT2D eigenvalue weighted by molar-refractivity contribution is 4.84. The predicted octanol–water partition coefficient (Wildman–Crippen LogP) is 0.190. The Kier molecular flexibility index (Phi) is 2.16. The number of aromatic amines is 1. The average Bonchev–Trinajstić information content (AvgIpc) is 1.76. The van der Waals surface area contributed by atoms with Crippen LogP contribution in [0.3, 0.4) is 0 Å². The molecule has 1 aromatic heterocycles. The lowest BCUT2D eigenvalue weighted by atomic mass is 10.7.